The third kappa shape index (κ3) is 10.9. The lowest BCUT2D eigenvalue weighted by Crippen LogP contribution is -2.60. The molecule has 0 aromatic carbocycles. The Morgan fingerprint density at radius 1 is 0.511 bits per heavy atom. The molecule has 7 heteroatoms. The molecule has 0 saturated carbocycles. The number of anilines is 2. The second kappa shape index (κ2) is 14.9. The summed E-state index contributed by atoms with van der Waals surface area (Å²) < 4.78 is 1.71. The maximum atomic E-state index is 5.25. The molecule has 5 heterocycles. The molecule has 0 bridgehead atoms. The third-order valence-electron chi connectivity index (χ3n) is 9.71. The van der Waals surface area contributed by atoms with Crippen molar-refractivity contribution in [3.8, 4) is 0 Å². The molecular formula is C38H65Br2N5. The highest BCUT2D eigenvalue weighted by molar-refractivity contribution is 9.11. The molecule has 3 aliphatic rings. The second-order valence-corrected chi connectivity index (χ2v) is 18.6. The molecular weight excluding hydrogens is 686 g/mol. The van der Waals surface area contributed by atoms with E-state index < -0.39 is 0 Å². The van der Waals surface area contributed by atoms with E-state index in [0.717, 1.165) is 20.8 Å². The van der Waals surface area contributed by atoms with E-state index in [1.54, 1.807) is 0 Å². The van der Waals surface area contributed by atoms with Gasteiger partial charge in [-0.15, -0.1) is 0 Å². The summed E-state index contributed by atoms with van der Waals surface area (Å²) in [5.41, 5.74) is 1.28. The zero-order chi connectivity index (χ0) is 33.2. The minimum Gasteiger partial charge on any atom is -0.346 e. The van der Waals surface area contributed by atoms with Gasteiger partial charge in [-0.3, -0.25) is 0 Å². The molecule has 2 aromatic heterocycles. The highest BCUT2D eigenvalue weighted by atomic mass is 79.9. The number of hydrogen-bond acceptors (Lipinski definition) is 5. The van der Waals surface area contributed by atoms with Gasteiger partial charge in [0.15, 0.2) is 0 Å². The molecule has 3 fully saturated rings. The Balaban J connectivity index is 0.000000303. The van der Waals surface area contributed by atoms with Gasteiger partial charge in [0.1, 0.15) is 20.8 Å². The van der Waals surface area contributed by atoms with Crippen LogP contribution >= 0.6 is 31.9 Å². The number of halogens is 2. The zero-order valence-corrected chi connectivity index (χ0v) is 33.0. The highest BCUT2D eigenvalue weighted by Crippen LogP contribution is 2.44. The molecule has 0 unspecified atom stereocenters. The number of nitrogens with zero attached hydrogens (tertiary/aromatic N) is 4. The van der Waals surface area contributed by atoms with Crippen LogP contribution in [-0.2, 0) is 0 Å². The van der Waals surface area contributed by atoms with Crippen molar-refractivity contribution >= 4 is 43.5 Å². The van der Waals surface area contributed by atoms with Crippen molar-refractivity contribution in [2.24, 2.45) is 0 Å². The zero-order valence-electron chi connectivity index (χ0n) is 29.9. The van der Waals surface area contributed by atoms with Gasteiger partial charge in [-0.1, -0.05) is 19.6 Å². The van der Waals surface area contributed by atoms with E-state index in [-0.39, 0.29) is 29.6 Å². The van der Waals surface area contributed by atoms with Gasteiger partial charge in [0.2, 0.25) is 0 Å². The minimum atomic E-state index is 0. The fourth-order valence-corrected chi connectivity index (χ4v) is 9.22. The van der Waals surface area contributed by atoms with Crippen LogP contribution in [0.1, 0.15) is 148 Å². The van der Waals surface area contributed by atoms with Gasteiger partial charge >= 0.3 is 0 Å². The van der Waals surface area contributed by atoms with Crippen LogP contribution in [0.4, 0.5) is 11.6 Å². The van der Waals surface area contributed by atoms with Crippen LogP contribution in [0.2, 0.25) is 0 Å². The van der Waals surface area contributed by atoms with Crippen LogP contribution in [0, 0.1) is 0 Å². The molecule has 0 spiro atoms. The average Bonchev–Trinajstić information content (AvgIpc) is 2.81. The predicted molar refractivity (Wildman–Crippen MR) is 205 cm³/mol. The summed E-state index contributed by atoms with van der Waals surface area (Å²) in [5.74, 6) is 2.27. The number of hydrogen-bond donors (Lipinski definition) is 1. The van der Waals surface area contributed by atoms with E-state index in [1.165, 1.54) is 57.8 Å². The van der Waals surface area contributed by atoms with Gasteiger partial charge in [-0.2, -0.15) is 0 Å². The molecule has 1 N–H and O–H groups in total. The summed E-state index contributed by atoms with van der Waals surface area (Å²) in [4.78, 5) is 14.4. The van der Waals surface area contributed by atoms with E-state index >= 15 is 0 Å². The van der Waals surface area contributed by atoms with Crippen LogP contribution in [-0.4, -0.2) is 43.2 Å². The summed E-state index contributed by atoms with van der Waals surface area (Å²) in [5, 5.41) is 3.63. The standard InChI is InChI=1S/C23H39N3.C9H19N.C5H3Br2N.CH4/c1-20(2)14-10-15-21(3,4)25(20)18-12-9-13-19(24-18)26-22(5,6)16-11-17-23(26,7)8;1-8(2)6-5-7-9(3,4)10-8;6-4-2-1-3-5(7)8-4;/h9,12-13H,10-11,14-17H2,1-8H3;10H,5-7H2,1-4H3;1-3H;1H4. The van der Waals surface area contributed by atoms with Gasteiger partial charge in [0.25, 0.3) is 0 Å². The van der Waals surface area contributed by atoms with Gasteiger partial charge in [0, 0.05) is 33.2 Å². The molecule has 3 saturated heterocycles. The number of nitrogens with one attached hydrogen (secondary N) is 1. The molecule has 45 heavy (non-hydrogen) atoms. The van der Waals surface area contributed by atoms with E-state index in [9.17, 15) is 0 Å². The fraction of sp³-hybridized carbons (Fsp3) is 0.737. The highest BCUT2D eigenvalue weighted by Gasteiger charge is 2.44. The third-order valence-corrected chi connectivity index (χ3v) is 10.6. The maximum absolute atomic E-state index is 5.25. The lowest BCUT2D eigenvalue weighted by molar-refractivity contribution is 0.183. The lowest BCUT2D eigenvalue weighted by Gasteiger charge is -2.55. The monoisotopic (exact) mass is 749 g/mol. The van der Waals surface area contributed by atoms with Crippen LogP contribution < -0.4 is 15.1 Å². The maximum Gasteiger partial charge on any atom is 0.131 e. The normalized spacial score (nSPS) is 23.7. The van der Waals surface area contributed by atoms with Crippen LogP contribution in [0.5, 0.6) is 0 Å². The first-order valence-electron chi connectivity index (χ1n) is 16.7. The Hall–Kier alpha value is -1.18. The Morgan fingerprint density at radius 3 is 1.09 bits per heavy atom. The van der Waals surface area contributed by atoms with Crippen molar-refractivity contribution in [3.05, 3.63) is 45.6 Å². The molecule has 256 valence electrons. The number of aromatic nitrogens is 2. The van der Waals surface area contributed by atoms with Crippen LogP contribution in [0.15, 0.2) is 45.6 Å². The molecule has 0 amide bonds. The van der Waals surface area contributed by atoms with Gasteiger partial charge in [0.05, 0.1) is 0 Å². The SMILES string of the molecule is Brc1cccc(Br)n1.C.CC1(C)CCCC(C)(C)N1.CC1(C)CCCC(C)(C)N1c1cccc(N2C(C)(C)CCCC2(C)C)n1. The summed E-state index contributed by atoms with van der Waals surface area (Å²) in [6.45, 7) is 28.1. The van der Waals surface area contributed by atoms with Crippen LogP contribution in [0.25, 0.3) is 0 Å². The number of pyridine rings is 2. The molecule has 0 aliphatic carbocycles. The Bertz CT molecular complexity index is 1120. The summed E-state index contributed by atoms with van der Waals surface area (Å²) in [7, 11) is 0. The van der Waals surface area contributed by atoms with Gasteiger partial charge in [-0.25, -0.2) is 9.97 Å². The first kappa shape index (κ1) is 40.0. The van der Waals surface area contributed by atoms with Crippen molar-refractivity contribution in [1.82, 2.24) is 15.3 Å². The van der Waals surface area contributed by atoms with Crippen molar-refractivity contribution < 1.29 is 0 Å². The van der Waals surface area contributed by atoms with E-state index in [0.29, 0.717) is 11.1 Å². The van der Waals surface area contributed by atoms with Crippen LogP contribution in [0.3, 0.4) is 0 Å². The van der Waals surface area contributed by atoms with Gasteiger partial charge in [-0.05, 0) is 197 Å². The molecule has 5 rings (SSSR count). The number of piperidine rings is 3. The smallest absolute Gasteiger partial charge is 0.131 e. The predicted octanol–water partition coefficient (Wildman–Crippen LogP) is 11.7. The Labute approximate surface area is 294 Å². The molecule has 0 atom stereocenters. The van der Waals surface area contributed by atoms with E-state index in [4.69, 9.17) is 4.98 Å². The van der Waals surface area contributed by atoms with Crippen molar-refractivity contribution in [3.63, 3.8) is 0 Å². The second-order valence-electron chi connectivity index (χ2n) is 17.0. The molecule has 0 radical (unpaired) electrons. The quantitative estimate of drug-likeness (QED) is 0.310. The summed E-state index contributed by atoms with van der Waals surface area (Å²) in [6, 6.07) is 12.3. The summed E-state index contributed by atoms with van der Waals surface area (Å²) in [6.07, 6.45) is 11.5. The first-order valence-corrected chi connectivity index (χ1v) is 18.3. The average molecular weight is 752 g/mol. The van der Waals surface area contributed by atoms with Crippen molar-refractivity contribution in [2.45, 2.75) is 182 Å². The van der Waals surface area contributed by atoms with E-state index in [1.807, 2.05) is 18.2 Å². The molecule has 2 aromatic rings. The molecule has 3 aliphatic heterocycles. The number of rotatable bonds is 2. The first-order chi connectivity index (χ1) is 20.1. The van der Waals surface area contributed by atoms with E-state index in [2.05, 4.69) is 153 Å². The van der Waals surface area contributed by atoms with Crippen molar-refractivity contribution in [1.29, 1.82) is 0 Å². The van der Waals surface area contributed by atoms with Gasteiger partial charge < -0.3 is 15.1 Å². The fourth-order valence-electron chi connectivity index (χ4n) is 8.29. The summed E-state index contributed by atoms with van der Waals surface area (Å²) >= 11 is 6.44. The molecule has 5 nitrogen and oxygen atoms in total. The minimum absolute atomic E-state index is 0. The topological polar surface area (TPSA) is 44.3 Å². The Kier molecular flexibility index (Phi) is 13.3. The Morgan fingerprint density at radius 2 is 0.822 bits per heavy atom. The largest absolute Gasteiger partial charge is 0.346 e. The lowest BCUT2D eigenvalue weighted by atomic mass is 9.79. The van der Waals surface area contributed by atoms with Crippen molar-refractivity contribution in [2.75, 3.05) is 9.80 Å².